The van der Waals surface area contributed by atoms with Crippen LogP contribution in [0.15, 0.2) is 12.1 Å². The topological polar surface area (TPSA) is 23.6 Å². The van der Waals surface area contributed by atoms with E-state index in [2.05, 4.69) is 49.9 Å². The molecule has 0 unspecified atom stereocenters. The fraction of sp³-hybridized carbons (Fsp3) is 0.611. The van der Waals surface area contributed by atoms with Crippen molar-refractivity contribution >= 4 is 5.78 Å². The molecule has 3 nitrogen and oxygen atoms in total. The highest BCUT2D eigenvalue weighted by Gasteiger charge is 2.15. The molecule has 0 N–H and O–H groups in total. The van der Waals surface area contributed by atoms with E-state index < -0.39 is 0 Å². The van der Waals surface area contributed by atoms with Gasteiger partial charge in [0.05, 0.1) is 6.54 Å². The summed E-state index contributed by atoms with van der Waals surface area (Å²) in [6, 6.07) is 4.20. The van der Waals surface area contributed by atoms with Crippen molar-refractivity contribution in [3.05, 3.63) is 34.4 Å². The minimum Gasteiger partial charge on any atom is -0.309 e. The van der Waals surface area contributed by atoms with Gasteiger partial charge in [0.25, 0.3) is 0 Å². The van der Waals surface area contributed by atoms with Crippen LogP contribution in [0, 0.1) is 20.8 Å². The van der Waals surface area contributed by atoms with Crippen LogP contribution < -0.4 is 0 Å². The average Bonchev–Trinajstić information content (AvgIpc) is 2.35. The fourth-order valence-electron chi connectivity index (χ4n) is 2.86. The van der Waals surface area contributed by atoms with Crippen LogP contribution in [0.1, 0.15) is 40.4 Å². The Labute approximate surface area is 129 Å². The Morgan fingerprint density at radius 2 is 1.62 bits per heavy atom. The molecule has 118 valence electrons. The van der Waals surface area contributed by atoms with E-state index in [0.29, 0.717) is 6.54 Å². The molecule has 1 aromatic carbocycles. The van der Waals surface area contributed by atoms with Crippen molar-refractivity contribution in [1.82, 2.24) is 9.80 Å². The molecule has 0 bridgehead atoms. The molecule has 0 aliphatic carbocycles. The van der Waals surface area contributed by atoms with Gasteiger partial charge in [-0.1, -0.05) is 24.6 Å². The largest absolute Gasteiger partial charge is 0.309 e. The number of rotatable bonds is 8. The lowest BCUT2D eigenvalue weighted by Gasteiger charge is -2.21. The lowest BCUT2D eigenvalue weighted by Crippen LogP contribution is -2.32. The van der Waals surface area contributed by atoms with E-state index in [-0.39, 0.29) is 5.78 Å². The molecule has 0 atom stereocenters. The molecule has 1 aromatic rings. The molecule has 0 heterocycles. The Bertz CT molecular complexity index is 457. The molecule has 0 aliphatic rings. The Morgan fingerprint density at radius 3 is 2.10 bits per heavy atom. The summed E-state index contributed by atoms with van der Waals surface area (Å²) in [6.07, 6.45) is 1.10. The van der Waals surface area contributed by atoms with E-state index in [1.54, 1.807) is 0 Å². The zero-order valence-corrected chi connectivity index (χ0v) is 14.5. The van der Waals surface area contributed by atoms with E-state index in [1.165, 1.54) is 5.56 Å². The number of ketones is 1. The molecule has 0 fully saturated rings. The van der Waals surface area contributed by atoms with Crippen LogP contribution in [0.25, 0.3) is 0 Å². The van der Waals surface area contributed by atoms with Crippen molar-refractivity contribution in [1.29, 1.82) is 0 Å². The minimum absolute atomic E-state index is 0.247. The predicted octanol–water partition coefficient (Wildman–Crippen LogP) is 3.07. The van der Waals surface area contributed by atoms with Crippen LogP contribution in [-0.2, 0) is 0 Å². The second kappa shape index (κ2) is 8.30. The van der Waals surface area contributed by atoms with Crippen LogP contribution in [0.4, 0.5) is 0 Å². The summed E-state index contributed by atoms with van der Waals surface area (Å²) in [6.45, 7) is 11.8. The molecule has 0 saturated carbocycles. The lowest BCUT2D eigenvalue weighted by atomic mass is 9.96. The third-order valence-electron chi connectivity index (χ3n) is 3.85. The smallest absolute Gasteiger partial charge is 0.177 e. The SMILES string of the molecule is CCN(CCCN(C)C)CC(=O)c1c(C)cc(C)cc1C. The average molecular weight is 290 g/mol. The Morgan fingerprint density at radius 1 is 1.05 bits per heavy atom. The molecule has 0 spiro atoms. The molecule has 0 saturated heterocycles. The van der Waals surface area contributed by atoms with Gasteiger partial charge >= 0.3 is 0 Å². The third-order valence-corrected chi connectivity index (χ3v) is 3.85. The van der Waals surface area contributed by atoms with Crippen molar-refractivity contribution in [3.63, 3.8) is 0 Å². The summed E-state index contributed by atoms with van der Waals surface area (Å²) in [7, 11) is 4.17. The predicted molar refractivity (Wildman–Crippen MR) is 90.3 cm³/mol. The fourth-order valence-corrected chi connectivity index (χ4v) is 2.86. The van der Waals surface area contributed by atoms with Crippen LogP contribution >= 0.6 is 0 Å². The maximum atomic E-state index is 12.6. The highest BCUT2D eigenvalue weighted by molar-refractivity contribution is 6.00. The monoisotopic (exact) mass is 290 g/mol. The second-order valence-corrected chi connectivity index (χ2v) is 6.22. The highest BCUT2D eigenvalue weighted by atomic mass is 16.1. The van der Waals surface area contributed by atoms with Crippen LogP contribution in [0.5, 0.6) is 0 Å². The van der Waals surface area contributed by atoms with Crippen LogP contribution in [0.2, 0.25) is 0 Å². The molecule has 0 aliphatic heterocycles. The molecular weight excluding hydrogens is 260 g/mol. The maximum Gasteiger partial charge on any atom is 0.177 e. The van der Waals surface area contributed by atoms with Gasteiger partial charge in [0.1, 0.15) is 0 Å². The third kappa shape index (κ3) is 5.60. The number of nitrogens with zero attached hydrogens (tertiary/aromatic N) is 2. The first-order valence-electron chi connectivity index (χ1n) is 7.83. The summed E-state index contributed by atoms with van der Waals surface area (Å²) in [5.41, 5.74) is 4.33. The number of likely N-dealkylation sites (N-methyl/N-ethyl adjacent to an activating group) is 1. The number of hydrogen-bond acceptors (Lipinski definition) is 3. The van der Waals surface area contributed by atoms with E-state index in [0.717, 1.165) is 42.7 Å². The van der Waals surface area contributed by atoms with Gasteiger partial charge in [0, 0.05) is 5.56 Å². The van der Waals surface area contributed by atoms with Gasteiger partial charge in [0.15, 0.2) is 5.78 Å². The van der Waals surface area contributed by atoms with Gasteiger partial charge < -0.3 is 4.90 Å². The van der Waals surface area contributed by atoms with Gasteiger partial charge in [-0.25, -0.2) is 0 Å². The minimum atomic E-state index is 0.247. The first kappa shape index (κ1) is 17.9. The summed E-state index contributed by atoms with van der Waals surface area (Å²) in [5, 5.41) is 0. The summed E-state index contributed by atoms with van der Waals surface area (Å²) >= 11 is 0. The summed E-state index contributed by atoms with van der Waals surface area (Å²) < 4.78 is 0. The van der Waals surface area contributed by atoms with Gasteiger partial charge in [-0.15, -0.1) is 0 Å². The number of benzene rings is 1. The van der Waals surface area contributed by atoms with E-state index in [1.807, 2.05) is 13.8 Å². The van der Waals surface area contributed by atoms with Crippen molar-refractivity contribution in [2.24, 2.45) is 0 Å². The van der Waals surface area contributed by atoms with Gasteiger partial charge in [-0.2, -0.15) is 0 Å². The van der Waals surface area contributed by atoms with Gasteiger partial charge in [0.2, 0.25) is 0 Å². The summed E-state index contributed by atoms with van der Waals surface area (Å²) in [5.74, 6) is 0.247. The highest BCUT2D eigenvalue weighted by Crippen LogP contribution is 2.17. The zero-order valence-electron chi connectivity index (χ0n) is 14.5. The normalized spacial score (nSPS) is 11.4. The molecule has 21 heavy (non-hydrogen) atoms. The maximum absolute atomic E-state index is 12.6. The van der Waals surface area contributed by atoms with Crippen molar-refractivity contribution < 1.29 is 4.79 Å². The number of Topliss-reactive ketones (excluding diaryl/α,β-unsaturated/α-hetero) is 1. The van der Waals surface area contributed by atoms with E-state index in [4.69, 9.17) is 0 Å². The second-order valence-electron chi connectivity index (χ2n) is 6.22. The molecule has 0 radical (unpaired) electrons. The summed E-state index contributed by atoms with van der Waals surface area (Å²) in [4.78, 5) is 17.0. The first-order valence-corrected chi connectivity index (χ1v) is 7.83. The number of carbonyl (C=O) groups is 1. The quantitative estimate of drug-likeness (QED) is 0.688. The Hall–Kier alpha value is -1.19. The molecule has 1 rings (SSSR count). The van der Waals surface area contributed by atoms with Crippen molar-refractivity contribution in [2.45, 2.75) is 34.1 Å². The van der Waals surface area contributed by atoms with E-state index >= 15 is 0 Å². The van der Waals surface area contributed by atoms with Gasteiger partial charge in [-0.05, 0) is 72.0 Å². The van der Waals surface area contributed by atoms with Crippen LogP contribution in [-0.4, -0.2) is 55.9 Å². The molecule has 0 aromatic heterocycles. The van der Waals surface area contributed by atoms with Gasteiger partial charge in [-0.3, -0.25) is 9.69 Å². The molecular formula is C18H30N2O. The van der Waals surface area contributed by atoms with Crippen molar-refractivity contribution in [2.75, 3.05) is 40.3 Å². The number of hydrogen-bond donors (Lipinski definition) is 0. The molecule has 3 heteroatoms. The van der Waals surface area contributed by atoms with E-state index in [9.17, 15) is 4.79 Å². The Balaban J connectivity index is 2.70. The number of aryl methyl sites for hydroxylation is 3. The van der Waals surface area contributed by atoms with Crippen molar-refractivity contribution in [3.8, 4) is 0 Å². The standard InChI is InChI=1S/C18H30N2O/c1-7-20(10-8-9-19(5)6)13-17(21)18-15(3)11-14(2)12-16(18)4/h11-12H,7-10,13H2,1-6H3. The first-order chi connectivity index (χ1) is 9.85. The molecule has 0 amide bonds. The zero-order chi connectivity index (χ0) is 16.0. The Kier molecular flexibility index (Phi) is 7.06. The van der Waals surface area contributed by atoms with Crippen LogP contribution in [0.3, 0.4) is 0 Å². The lowest BCUT2D eigenvalue weighted by molar-refractivity contribution is 0.0930. The number of carbonyl (C=O) groups excluding carboxylic acids is 1.